The molecule has 0 aromatic heterocycles. The summed E-state index contributed by atoms with van der Waals surface area (Å²) in [5.41, 5.74) is 0. The predicted octanol–water partition coefficient (Wildman–Crippen LogP) is -2.01. The van der Waals surface area contributed by atoms with Crippen LogP contribution in [0.25, 0.3) is 0 Å². The molecule has 184 valence electrons. The number of aliphatic hydroxyl groups is 7. The van der Waals surface area contributed by atoms with E-state index in [1.54, 1.807) is 0 Å². The molecule has 2 aliphatic heterocycles. The summed E-state index contributed by atoms with van der Waals surface area (Å²) in [6.07, 6.45) is -7.35. The fraction of sp³-hybridized carbons (Fsp3) is 1.00. The van der Waals surface area contributed by atoms with Crippen LogP contribution >= 0.6 is 0 Å². The van der Waals surface area contributed by atoms with Crippen LogP contribution in [-0.2, 0) is 18.9 Å². The van der Waals surface area contributed by atoms with Crippen LogP contribution in [-0.4, -0.2) is 117 Å². The van der Waals surface area contributed by atoms with Crippen molar-refractivity contribution in [3.05, 3.63) is 0 Å². The van der Waals surface area contributed by atoms with E-state index in [-0.39, 0.29) is 6.61 Å². The predicted molar refractivity (Wildman–Crippen MR) is 106 cm³/mol. The number of hydrogen-bond donors (Lipinski definition) is 7. The van der Waals surface area contributed by atoms with Crippen LogP contribution in [0.3, 0.4) is 0 Å². The van der Waals surface area contributed by atoms with Crippen molar-refractivity contribution < 1.29 is 54.7 Å². The van der Waals surface area contributed by atoms with Gasteiger partial charge in [0.05, 0.1) is 13.2 Å². The van der Waals surface area contributed by atoms with Crippen molar-refractivity contribution in [1.82, 2.24) is 0 Å². The van der Waals surface area contributed by atoms with Gasteiger partial charge in [-0.25, -0.2) is 0 Å². The average Bonchev–Trinajstić information content (AvgIpc) is 3.05. The van der Waals surface area contributed by atoms with Gasteiger partial charge in [-0.1, -0.05) is 39.0 Å². The fourth-order valence-corrected chi connectivity index (χ4v) is 3.69. The Balaban J connectivity index is 1.81. The van der Waals surface area contributed by atoms with Gasteiger partial charge in [0.15, 0.2) is 12.6 Å². The Labute approximate surface area is 182 Å². The zero-order chi connectivity index (χ0) is 23.0. The van der Waals surface area contributed by atoms with E-state index in [1.165, 1.54) is 6.42 Å². The van der Waals surface area contributed by atoms with Gasteiger partial charge in [-0.2, -0.15) is 0 Å². The van der Waals surface area contributed by atoms with Gasteiger partial charge in [-0.15, -0.1) is 0 Å². The summed E-state index contributed by atoms with van der Waals surface area (Å²) in [6.45, 7) is 1.44. The molecule has 7 N–H and O–H groups in total. The van der Waals surface area contributed by atoms with Crippen LogP contribution in [0.4, 0.5) is 0 Å². The highest BCUT2D eigenvalue weighted by molar-refractivity contribution is 4.92. The lowest BCUT2D eigenvalue weighted by molar-refractivity contribution is -0.310. The molecule has 2 aliphatic rings. The topological polar surface area (TPSA) is 179 Å². The van der Waals surface area contributed by atoms with Crippen molar-refractivity contribution in [3.63, 3.8) is 0 Å². The fourth-order valence-electron chi connectivity index (χ4n) is 3.69. The van der Waals surface area contributed by atoms with Gasteiger partial charge in [0.25, 0.3) is 0 Å². The molecule has 0 spiro atoms. The third-order valence-corrected chi connectivity index (χ3v) is 5.70. The molecule has 31 heavy (non-hydrogen) atoms. The number of ether oxygens (including phenoxy) is 4. The molecule has 0 bridgehead atoms. The quantitative estimate of drug-likeness (QED) is 0.153. The lowest BCUT2D eigenvalue weighted by Crippen LogP contribution is -2.59. The molecular weight excluding hydrogens is 416 g/mol. The van der Waals surface area contributed by atoms with Crippen LogP contribution in [0.1, 0.15) is 45.4 Å². The van der Waals surface area contributed by atoms with Gasteiger partial charge in [0, 0.05) is 6.61 Å². The minimum atomic E-state index is -1.53. The molecule has 0 aromatic carbocycles. The summed E-state index contributed by atoms with van der Waals surface area (Å²) >= 11 is 0. The normalized spacial score (nSPS) is 39.7. The summed E-state index contributed by atoms with van der Waals surface area (Å²) in [4.78, 5) is 0. The van der Waals surface area contributed by atoms with E-state index >= 15 is 0 Å². The standard InChI is InChI=1S/C20H38O11/c1-2-3-4-5-6-7-8-28-19-16(26)14(24)13(23)12(30-19)10-29-20-17(27)15(25)18(31-20)11(22)9-21/h11-27H,2-10H2,1H3/t11-,12-,13+,14+,15-,16-,17-,18+,19+,20-/m1/s1. The Hall–Kier alpha value is -0.440. The van der Waals surface area contributed by atoms with Crippen LogP contribution < -0.4 is 0 Å². The second kappa shape index (κ2) is 13.3. The summed E-state index contributed by atoms with van der Waals surface area (Å²) in [5.74, 6) is 0. The Morgan fingerprint density at radius 1 is 0.742 bits per heavy atom. The Morgan fingerprint density at radius 3 is 2.03 bits per heavy atom. The highest BCUT2D eigenvalue weighted by Gasteiger charge is 2.48. The third kappa shape index (κ3) is 7.27. The molecule has 0 unspecified atom stereocenters. The van der Waals surface area contributed by atoms with E-state index < -0.39 is 68.0 Å². The summed E-state index contributed by atoms with van der Waals surface area (Å²) in [5, 5.41) is 69.0. The second-order valence-corrected chi connectivity index (χ2v) is 8.19. The SMILES string of the molecule is CCCCCCCCO[C@H]1O[C@H](CO[C@@H]2O[C@@H]([C@H](O)CO)[C@H](O)[C@H]2O)[C@H](O)[C@H](O)[C@H]1O. The molecule has 2 rings (SSSR count). The maximum atomic E-state index is 10.2. The molecule has 2 heterocycles. The average molecular weight is 455 g/mol. The lowest BCUT2D eigenvalue weighted by Gasteiger charge is -2.40. The molecule has 0 radical (unpaired) electrons. The number of rotatable bonds is 13. The van der Waals surface area contributed by atoms with Crippen LogP contribution in [0.15, 0.2) is 0 Å². The Bertz CT molecular complexity index is 496. The van der Waals surface area contributed by atoms with E-state index in [2.05, 4.69) is 6.92 Å². The summed E-state index contributed by atoms with van der Waals surface area (Å²) in [7, 11) is 0. The number of hydrogen-bond acceptors (Lipinski definition) is 11. The third-order valence-electron chi connectivity index (χ3n) is 5.70. The first-order valence-corrected chi connectivity index (χ1v) is 11.0. The van der Waals surface area contributed by atoms with Crippen LogP contribution in [0.5, 0.6) is 0 Å². The first-order valence-electron chi connectivity index (χ1n) is 11.0. The molecule has 11 nitrogen and oxygen atoms in total. The van der Waals surface area contributed by atoms with Crippen molar-refractivity contribution in [1.29, 1.82) is 0 Å². The second-order valence-electron chi connectivity index (χ2n) is 8.19. The zero-order valence-electron chi connectivity index (χ0n) is 17.9. The molecule has 10 atom stereocenters. The molecule has 0 aromatic rings. The van der Waals surface area contributed by atoms with Crippen molar-refractivity contribution in [2.45, 2.75) is 107 Å². The molecule has 0 saturated carbocycles. The molecule has 2 saturated heterocycles. The largest absolute Gasteiger partial charge is 0.394 e. The van der Waals surface area contributed by atoms with Gasteiger partial charge < -0.3 is 54.7 Å². The van der Waals surface area contributed by atoms with E-state index in [0.717, 1.165) is 32.1 Å². The van der Waals surface area contributed by atoms with E-state index in [0.29, 0.717) is 6.61 Å². The smallest absolute Gasteiger partial charge is 0.186 e. The van der Waals surface area contributed by atoms with Gasteiger partial charge in [-0.05, 0) is 6.42 Å². The van der Waals surface area contributed by atoms with Crippen LogP contribution in [0.2, 0.25) is 0 Å². The zero-order valence-corrected chi connectivity index (χ0v) is 17.9. The first-order chi connectivity index (χ1) is 14.8. The van der Waals surface area contributed by atoms with Crippen LogP contribution in [0, 0.1) is 0 Å². The van der Waals surface area contributed by atoms with E-state index in [9.17, 15) is 30.6 Å². The van der Waals surface area contributed by atoms with Crippen molar-refractivity contribution in [3.8, 4) is 0 Å². The maximum absolute atomic E-state index is 10.2. The minimum Gasteiger partial charge on any atom is -0.394 e. The van der Waals surface area contributed by atoms with Crippen molar-refractivity contribution >= 4 is 0 Å². The Morgan fingerprint density at radius 2 is 1.35 bits per heavy atom. The van der Waals surface area contributed by atoms with Gasteiger partial charge >= 0.3 is 0 Å². The molecule has 2 fully saturated rings. The molecule has 0 amide bonds. The monoisotopic (exact) mass is 454 g/mol. The summed E-state index contributed by atoms with van der Waals surface area (Å²) < 4.78 is 21.7. The van der Waals surface area contributed by atoms with Gasteiger partial charge in [0.2, 0.25) is 0 Å². The lowest BCUT2D eigenvalue weighted by atomic mass is 9.99. The molecular formula is C20H38O11. The molecule has 0 aliphatic carbocycles. The van der Waals surface area contributed by atoms with Gasteiger partial charge in [-0.3, -0.25) is 0 Å². The summed E-state index contributed by atoms with van der Waals surface area (Å²) in [6, 6.07) is 0. The maximum Gasteiger partial charge on any atom is 0.186 e. The van der Waals surface area contributed by atoms with E-state index in [4.69, 9.17) is 24.1 Å². The van der Waals surface area contributed by atoms with Crippen molar-refractivity contribution in [2.75, 3.05) is 19.8 Å². The minimum absolute atomic E-state index is 0.321. The highest BCUT2D eigenvalue weighted by atomic mass is 16.7. The number of unbranched alkanes of at least 4 members (excludes halogenated alkanes) is 5. The van der Waals surface area contributed by atoms with Crippen molar-refractivity contribution in [2.24, 2.45) is 0 Å². The Kier molecular flexibility index (Phi) is 11.5. The highest BCUT2D eigenvalue weighted by Crippen LogP contribution is 2.27. The first kappa shape index (κ1) is 26.8. The molecule has 11 heteroatoms. The van der Waals surface area contributed by atoms with Gasteiger partial charge in [0.1, 0.15) is 48.8 Å². The van der Waals surface area contributed by atoms with E-state index in [1.807, 2.05) is 0 Å². The number of aliphatic hydroxyl groups excluding tert-OH is 7.